The first-order chi connectivity index (χ1) is 17.3. The van der Waals surface area contributed by atoms with Crippen LogP contribution in [-0.2, 0) is 9.59 Å². The number of halogens is 1. The molecule has 0 aliphatic heterocycles. The Morgan fingerprint density at radius 2 is 1.53 bits per heavy atom. The zero-order valence-corrected chi connectivity index (χ0v) is 19.9. The van der Waals surface area contributed by atoms with Gasteiger partial charge in [-0.2, -0.15) is 0 Å². The molecule has 0 saturated carbocycles. The average Bonchev–Trinajstić information content (AvgIpc) is 3.31. The van der Waals surface area contributed by atoms with Crippen molar-refractivity contribution in [3.63, 3.8) is 0 Å². The van der Waals surface area contributed by atoms with Crippen LogP contribution in [0.4, 0.5) is 10.3 Å². The fourth-order valence-electron chi connectivity index (χ4n) is 3.66. The first kappa shape index (κ1) is 24.5. The third-order valence-electron chi connectivity index (χ3n) is 5.56. The molecule has 1 aromatic heterocycles. The summed E-state index contributed by atoms with van der Waals surface area (Å²) in [5, 5.41) is 2.78. The van der Waals surface area contributed by atoms with Crippen molar-refractivity contribution in [2.24, 2.45) is 0 Å². The minimum absolute atomic E-state index is 0.0552. The van der Waals surface area contributed by atoms with Crippen LogP contribution in [0.15, 0.2) is 91.1 Å². The van der Waals surface area contributed by atoms with E-state index in [4.69, 9.17) is 0 Å². The van der Waals surface area contributed by atoms with E-state index in [0.29, 0.717) is 5.69 Å². The Morgan fingerprint density at radius 3 is 2.14 bits per heavy atom. The number of aromatic nitrogens is 2. The van der Waals surface area contributed by atoms with Gasteiger partial charge >= 0.3 is 0 Å². The number of ketones is 1. The quantitative estimate of drug-likeness (QED) is 0.289. The highest BCUT2D eigenvalue weighted by Crippen LogP contribution is 2.24. The number of hydrogen-bond acceptors (Lipinski definition) is 4. The second-order valence-electron chi connectivity index (χ2n) is 8.43. The molecule has 0 spiro atoms. The first-order valence-corrected chi connectivity index (χ1v) is 11.4. The molecule has 0 aliphatic rings. The minimum Gasteiger partial charge on any atom is -0.324 e. The fourth-order valence-corrected chi connectivity index (χ4v) is 3.66. The summed E-state index contributed by atoms with van der Waals surface area (Å²) < 4.78 is 15.0. The van der Waals surface area contributed by atoms with E-state index in [1.165, 1.54) is 17.0 Å². The van der Waals surface area contributed by atoms with Crippen LogP contribution in [0.3, 0.4) is 0 Å². The molecular weight excluding hydrogens is 459 g/mol. The number of amides is 2. The predicted octanol–water partition coefficient (Wildman–Crippen LogP) is 4.74. The molecule has 1 heterocycles. The van der Waals surface area contributed by atoms with Crippen molar-refractivity contribution in [2.45, 2.75) is 19.9 Å². The summed E-state index contributed by atoms with van der Waals surface area (Å²) in [4.78, 5) is 44.4. The lowest BCUT2D eigenvalue weighted by molar-refractivity contribution is -0.132. The van der Waals surface area contributed by atoms with Crippen molar-refractivity contribution in [1.82, 2.24) is 14.5 Å². The van der Waals surface area contributed by atoms with Crippen molar-refractivity contribution in [3.05, 3.63) is 103 Å². The highest BCUT2D eigenvalue weighted by Gasteiger charge is 2.27. The van der Waals surface area contributed by atoms with Gasteiger partial charge in [0, 0.05) is 29.1 Å². The standard InChI is InChI=1S/C28H25FN4O3/c1-19(2)32(27(36)26(35)21-13-15-22(29)16-14-21)18-25(34)31-28-30-24(20-9-5-3-6-10-20)17-33(28)23-11-7-4-8-12-23/h3-17,19H,18H2,1-2H3,(H,30,31,34). The number of hydrogen-bond donors (Lipinski definition) is 1. The van der Waals surface area contributed by atoms with Gasteiger partial charge in [-0.15, -0.1) is 0 Å². The van der Waals surface area contributed by atoms with E-state index in [2.05, 4.69) is 10.3 Å². The lowest BCUT2D eigenvalue weighted by Crippen LogP contribution is -2.45. The summed E-state index contributed by atoms with van der Waals surface area (Å²) in [6.07, 6.45) is 1.82. The number of carbonyl (C=O) groups excluding carboxylic acids is 3. The number of nitrogens with one attached hydrogen (secondary N) is 1. The molecule has 0 atom stereocenters. The summed E-state index contributed by atoms with van der Waals surface area (Å²) >= 11 is 0. The summed E-state index contributed by atoms with van der Waals surface area (Å²) in [5.41, 5.74) is 2.40. The SMILES string of the molecule is CC(C)N(CC(=O)Nc1nc(-c2ccccc2)cn1-c1ccccc1)C(=O)C(=O)c1ccc(F)cc1. The van der Waals surface area contributed by atoms with Crippen LogP contribution in [0.2, 0.25) is 0 Å². The molecule has 182 valence electrons. The molecule has 0 aliphatic carbocycles. The fraction of sp³-hybridized carbons (Fsp3) is 0.143. The van der Waals surface area contributed by atoms with Crippen molar-refractivity contribution >= 4 is 23.5 Å². The van der Waals surface area contributed by atoms with Crippen LogP contribution in [0, 0.1) is 5.82 Å². The molecule has 36 heavy (non-hydrogen) atoms. The average molecular weight is 485 g/mol. The van der Waals surface area contributed by atoms with Gasteiger partial charge in [-0.25, -0.2) is 9.37 Å². The number of anilines is 1. The maximum absolute atomic E-state index is 13.2. The number of benzene rings is 3. The van der Waals surface area contributed by atoms with Crippen LogP contribution < -0.4 is 5.32 Å². The lowest BCUT2D eigenvalue weighted by atomic mass is 10.1. The van der Waals surface area contributed by atoms with Gasteiger partial charge in [-0.05, 0) is 50.2 Å². The third kappa shape index (κ3) is 5.55. The summed E-state index contributed by atoms with van der Waals surface area (Å²) in [5.74, 6) is -2.39. The van der Waals surface area contributed by atoms with Crippen molar-refractivity contribution in [3.8, 4) is 16.9 Å². The van der Waals surface area contributed by atoms with Gasteiger partial charge in [0.25, 0.3) is 5.91 Å². The van der Waals surface area contributed by atoms with E-state index in [9.17, 15) is 18.8 Å². The maximum Gasteiger partial charge on any atom is 0.295 e. The number of para-hydroxylation sites is 1. The zero-order chi connectivity index (χ0) is 25.7. The minimum atomic E-state index is -0.844. The van der Waals surface area contributed by atoms with E-state index in [0.717, 1.165) is 23.4 Å². The number of Topliss-reactive ketones (excluding diaryl/α,β-unsaturated/α-hetero) is 1. The molecule has 0 radical (unpaired) electrons. The van der Waals surface area contributed by atoms with Crippen LogP contribution in [0.5, 0.6) is 0 Å². The molecule has 2 amide bonds. The highest BCUT2D eigenvalue weighted by atomic mass is 19.1. The van der Waals surface area contributed by atoms with E-state index in [1.54, 1.807) is 18.4 Å². The molecule has 8 heteroatoms. The van der Waals surface area contributed by atoms with Gasteiger partial charge in [0.15, 0.2) is 0 Å². The Kier molecular flexibility index (Phi) is 7.34. The Labute approximate surface area is 208 Å². The van der Waals surface area contributed by atoms with Gasteiger partial charge in [0.1, 0.15) is 12.4 Å². The predicted molar refractivity (Wildman–Crippen MR) is 135 cm³/mol. The zero-order valence-electron chi connectivity index (χ0n) is 19.9. The molecule has 4 aromatic rings. The van der Waals surface area contributed by atoms with Crippen LogP contribution in [-0.4, -0.2) is 44.6 Å². The largest absolute Gasteiger partial charge is 0.324 e. The van der Waals surface area contributed by atoms with Crippen LogP contribution >= 0.6 is 0 Å². The van der Waals surface area contributed by atoms with Gasteiger partial charge in [-0.3, -0.25) is 24.3 Å². The summed E-state index contributed by atoms with van der Waals surface area (Å²) in [6.45, 7) is 3.06. The van der Waals surface area contributed by atoms with Crippen molar-refractivity contribution < 1.29 is 18.8 Å². The molecule has 7 nitrogen and oxygen atoms in total. The van der Waals surface area contributed by atoms with E-state index >= 15 is 0 Å². The van der Waals surface area contributed by atoms with Gasteiger partial charge in [0.2, 0.25) is 17.6 Å². The van der Waals surface area contributed by atoms with E-state index in [-0.39, 0.29) is 18.1 Å². The molecular formula is C28H25FN4O3. The molecule has 4 rings (SSSR count). The molecule has 0 fully saturated rings. The number of carbonyl (C=O) groups is 3. The second-order valence-corrected chi connectivity index (χ2v) is 8.43. The van der Waals surface area contributed by atoms with Gasteiger partial charge < -0.3 is 4.90 Å². The van der Waals surface area contributed by atoms with E-state index < -0.39 is 29.5 Å². The summed E-state index contributed by atoms with van der Waals surface area (Å²) in [6, 6.07) is 23.3. The number of imidazole rings is 1. The molecule has 1 N–H and O–H groups in total. The smallest absolute Gasteiger partial charge is 0.295 e. The third-order valence-corrected chi connectivity index (χ3v) is 5.56. The lowest BCUT2D eigenvalue weighted by Gasteiger charge is -2.25. The van der Waals surface area contributed by atoms with Crippen LogP contribution in [0.1, 0.15) is 24.2 Å². The monoisotopic (exact) mass is 484 g/mol. The Morgan fingerprint density at radius 1 is 0.917 bits per heavy atom. The highest BCUT2D eigenvalue weighted by molar-refractivity contribution is 6.43. The number of nitrogens with zero attached hydrogens (tertiary/aromatic N) is 3. The number of rotatable bonds is 8. The maximum atomic E-state index is 13.2. The Bertz CT molecular complexity index is 1370. The molecule has 3 aromatic carbocycles. The van der Waals surface area contributed by atoms with Crippen molar-refractivity contribution in [2.75, 3.05) is 11.9 Å². The van der Waals surface area contributed by atoms with E-state index in [1.807, 2.05) is 66.9 Å². The first-order valence-electron chi connectivity index (χ1n) is 11.4. The molecule has 0 saturated heterocycles. The van der Waals surface area contributed by atoms with Gasteiger partial charge in [0.05, 0.1) is 5.69 Å². The topological polar surface area (TPSA) is 84.3 Å². The van der Waals surface area contributed by atoms with Gasteiger partial charge in [-0.1, -0.05) is 48.5 Å². The normalized spacial score (nSPS) is 10.8. The molecule has 0 unspecified atom stereocenters. The Hall–Kier alpha value is -4.59. The Balaban J connectivity index is 1.57. The van der Waals surface area contributed by atoms with Crippen LogP contribution in [0.25, 0.3) is 16.9 Å². The second kappa shape index (κ2) is 10.8. The van der Waals surface area contributed by atoms with Crippen molar-refractivity contribution in [1.29, 1.82) is 0 Å². The summed E-state index contributed by atoms with van der Waals surface area (Å²) in [7, 11) is 0. The molecule has 0 bridgehead atoms.